The van der Waals surface area contributed by atoms with Gasteiger partial charge in [-0.3, -0.25) is 4.79 Å². The highest BCUT2D eigenvalue weighted by Gasteiger charge is 2.21. The summed E-state index contributed by atoms with van der Waals surface area (Å²) in [6.07, 6.45) is 3.36. The molecule has 2 N–H and O–H groups in total. The molecule has 0 bridgehead atoms. The Bertz CT molecular complexity index is 477. The third-order valence-electron chi connectivity index (χ3n) is 4.36. The number of benzene rings is 1. The number of morpholine rings is 1. The van der Waals surface area contributed by atoms with Gasteiger partial charge in [-0.15, -0.1) is 0 Å². The van der Waals surface area contributed by atoms with Crippen LogP contribution in [0.5, 0.6) is 0 Å². The number of nitrogens with one attached hydrogen (secondary N) is 2. The molecule has 22 heavy (non-hydrogen) atoms. The quantitative estimate of drug-likeness (QED) is 0.860. The average Bonchev–Trinajstić information content (AvgIpc) is 3.08. The van der Waals surface area contributed by atoms with Crippen LogP contribution in [0.15, 0.2) is 24.3 Å². The Labute approximate surface area is 132 Å². The summed E-state index contributed by atoms with van der Waals surface area (Å²) in [5, 5.41) is 6.09. The number of nitrogens with zero attached hydrogens (tertiary/aromatic N) is 1. The van der Waals surface area contributed by atoms with Crippen molar-refractivity contribution >= 4 is 11.6 Å². The third kappa shape index (κ3) is 4.29. The van der Waals surface area contributed by atoms with Crippen LogP contribution in [0.2, 0.25) is 0 Å². The lowest BCUT2D eigenvalue weighted by Crippen LogP contribution is -2.45. The second kappa shape index (κ2) is 7.72. The second-order valence-electron chi connectivity index (χ2n) is 6.05. The van der Waals surface area contributed by atoms with Gasteiger partial charge in [0.05, 0.1) is 6.61 Å². The van der Waals surface area contributed by atoms with Crippen molar-refractivity contribution in [1.82, 2.24) is 10.2 Å². The topological polar surface area (TPSA) is 53.6 Å². The van der Waals surface area contributed by atoms with E-state index >= 15 is 0 Å². The standard InChI is InChI=1S/C17H25N3O2/c21-17(16-13-18-8-12-22-16)19-15-5-3-14(4-6-15)7-11-20-9-1-2-10-20/h3-6,16,18H,1-2,7-13H2,(H,19,21). The summed E-state index contributed by atoms with van der Waals surface area (Å²) in [7, 11) is 0. The van der Waals surface area contributed by atoms with E-state index in [0.29, 0.717) is 13.2 Å². The minimum absolute atomic E-state index is 0.0722. The average molecular weight is 303 g/mol. The molecule has 3 rings (SSSR count). The Morgan fingerprint density at radius 2 is 2.05 bits per heavy atom. The molecule has 0 aliphatic carbocycles. The van der Waals surface area contributed by atoms with Crippen LogP contribution < -0.4 is 10.6 Å². The first-order chi connectivity index (χ1) is 10.8. The third-order valence-corrected chi connectivity index (χ3v) is 4.36. The van der Waals surface area contributed by atoms with Crippen LogP contribution in [0.1, 0.15) is 18.4 Å². The van der Waals surface area contributed by atoms with E-state index in [2.05, 4.69) is 27.7 Å². The van der Waals surface area contributed by atoms with Gasteiger partial charge in [0.25, 0.3) is 5.91 Å². The normalized spacial score (nSPS) is 22.6. The van der Waals surface area contributed by atoms with Crippen LogP contribution in [0, 0.1) is 0 Å². The molecule has 2 saturated heterocycles. The van der Waals surface area contributed by atoms with E-state index in [-0.39, 0.29) is 12.0 Å². The molecule has 1 aromatic carbocycles. The van der Waals surface area contributed by atoms with Gasteiger partial charge >= 0.3 is 0 Å². The first-order valence-electron chi connectivity index (χ1n) is 8.26. The summed E-state index contributed by atoms with van der Waals surface area (Å²) in [4.78, 5) is 14.6. The smallest absolute Gasteiger partial charge is 0.254 e. The van der Waals surface area contributed by atoms with Crippen LogP contribution in [0.3, 0.4) is 0 Å². The van der Waals surface area contributed by atoms with Crippen molar-refractivity contribution in [3.63, 3.8) is 0 Å². The zero-order valence-electron chi connectivity index (χ0n) is 13.0. The van der Waals surface area contributed by atoms with Crippen LogP contribution in [-0.2, 0) is 16.0 Å². The maximum atomic E-state index is 12.1. The summed E-state index contributed by atoms with van der Waals surface area (Å²) < 4.78 is 5.45. The van der Waals surface area contributed by atoms with Crippen LogP contribution in [0.4, 0.5) is 5.69 Å². The molecule has 0 radical (unpaired) electrons. The van der Waals surface area contributed by atoms with Gasteiger partial charge < -0.3 is 20.3 Å². The van der Waals surface area contributed by atoms with Crippen molar-refractivity contribution in [3.05, 3.63) is 29.8 Å². The lowest BCUT2D eigenvalue weighted by Gasteiger charge is -2.22. The Hall–Kier alpha value is -1.43. The fourth-order valence-electron chi connectivity index (χ4n) is 3.00. The van der Waals surface area contributed by atoms with Gasteiger partial charge in [0.2, 0.25) is 0 Å². The largest absolute Gasteiger partial charge is 0.366 e. The number of likely N-dealkylation sites (tertiary alicyclic amines) is 1. The van der Waals surface area contributed by atoms with Crippen molar-refractivity contribution in [3.8, 4) is 0 Å². The van der Waals surface area contributed by atoms with E-state index in [1.165, 1.54) is 31.5 Å². The minimum atomic E-state index is -0.386. The molecule has 0 aromatic heterocycles. The number of carbonyl (C=O) groups excluding carboxylic acids is 1. The molecule has 120 valence electrons. The lowest BCUT2D eigenvalue weighted by atomic mass is 10.1. The number of anilines is 1. The molecule has 1 atom stereocenters. The van der Waals surface area contributed by atoms with Gasteiger partial charge in [-0.2, -0.15) is 0 Å². The van der Waals surface area contributed by atoms with E-state index in [1.807, 2.05) is 12.1 Å². The van der Waals surface area contributed by atoms with Crippen molar-refractivity contribution in [1.29, 1.82) is 0 Å². The number of hydrogen-bond donors (Lipinski definition) is 2. The van der Waals surface area contributed by atoms with E-state index < -0.39 is 0 Å². The molecule has 0 saturated carbocycles. The molecule has 0 spiro atoms. The lowest BCUT2D eigenvalue weighted by molar-refractivity contribution is -0.128. The van der Waals surface area contributed by atoms with Crippen molar-refractivity contribution < 1.29 is 9.53 Å². The molecule has 1 unspecified atom stereocenters. The number of amides is 1. The highest BCUT2D eigenvalue weighted by atomic mass is 16.5. The molecule has 2 fully saturated rings. The van der Waals surface area contributed by atoms with Gasteiger partial charge in [-0.25, -0.2) is 0 Å². The molecule has 2 heterocycles. The number of rotatable bonds is 5. The second-order valence-corrected chi connectivity index (χ2v) is 6.05. The van der Waals surface area contributed by atoms with E-state index in [0.717, 1.165) is 25.2 Å². The molecule has 2 aliphatic rings. The number of hydrogen-bond acceptors (Lipinski definition) is 4. The highest BCUT2D eigenvalue weighted by Crippen LogP contribution is 2.13. The molecule has 1 amide bonds. The highest BCUT2D eigenvalue weighted by molar-refractivity contribution is 5.94. The summed E-state index contributed by atoms with van der Waals surface area (Å²) in [5.41, 5.74) is 2.16. The molecular weight excluding hydrogens is 278 g/mol. The maximum absolute atomic E-state index is 12.1. The summed E-state index contributed by atoms with van der Waals surface area (Å²) in [6, 6.07) is 8.16. The van der Waals surface area contributed by atoms with Crippen molar-refractivity contribution in [2.24, 2.45) is 0 Å². The van der Waals surface area contributed by atoms with Crippen molar-refractivity contribution in [2.45, 2.75) is 25.4 Å². The number of carbonyl (C=O) groups is 1. The van der Waals surface area contributed by atoms with Crippen LogP contribution in [0.25, 0.3) is 0 Å². The molecule has 1 aromatic rings. The Morgan fingerprint density at radius 1 is 1.27 bits per heavy atom. The van der Waals surface area contributed by atoms with E-state index in [9.17, 15) is 4.79 Å². The monoisotopic (exact) mass is 303 g/mol. The van der Waals surface area contributed by atoms with E-state index in [4.69, 9.17) is 4.74 Å². The van der Waals surface area contributed by atoms with Gasteiger partial charge in [0.15, 0.2) is 0 Å². The van der Waals surface area contributed by atoms with Gasteiger partial charge in [-0.1, -0.05) is 12.1 Å². The van der Waals surface area contributed by atoms with E-state index in [1.54, 1.807) is 0 Å². The summed E-state index contributed by atoms with van der Waals surface area (Å²) >= 11 is 0. The summed E-state index contributed by atoms with van der Waals surface area (Å²) in [5.74, 6) is -0.0722. The maximum Gasteiger partial charge on any atom is 0.254 e. The van der Waals surface area contributed by atoms with Gasteiger partial charge in [0.1, 0.15) is 6.10 Å². The molecular formula is C17H25N3O2. The zero-order chi connectivity index (χ0) is 15.2. The molecule has 2 aliphatic heterocycles. The minimum Gasteiger partial charge on any atom is -0.366 e. The predicted octanol–water partition coefficient (Wildman–Crippen LogP) is 1.25. The first-order valence-corrected chi connectivity index (χ1v) is 8.26. The molecule has 5 heteroatoms. The Balaban J connectivity index is 1.47. The first kappa shape index (κ1) is 15.5. The summed E-state index contributed by atoms with van der Waals surface area (Å²) in [6.45, 7) is 5.60. The van der Waals surface area contributed by atoms with Crippen molar-refractivity contribution in [2.75, 3.05) is 44.6 Å². The fourth-order valence-corrected chi connectivity index (χ4v) is 3.00. The van der Waals surface area contributed by atoms with Crippen LogP contribution >= 0.6 is 0 Å². The van der Waals surface area contributed by atoms with Gasteiger partial charge in [-0.05, 0) is 50.0 Å². The Kier molecular flexibility index (Phi) is 5.43. The number of ether oxygens (including phenoxy) is 1. The zero-order valence-corrected chi connectivity index (χ0v) is 13.0. The fraction of sp³-hybridized carbons (Fsp3) is 0.588. The predicted molar refractivity (Wildman–Crippen MR) is 87.1 cm³/mol. The SMILES string of the molecule is O=C(Nc1ccc(CCN2CCCC2)cc1)C1CNCCO1. The molecule has 5 nitrogen and oxygen atoms in total. The Morgan fingerprint density at radius 3 is 2.73 bits per heavy atom. The van der Waals surface area contributed by atoms with Gasteiger partial charge in [0, 0.05) is 25.3 Å². The van der Waals surface area contributed by atoms with Crippen LogP contribution in [-0.4, -0.2) is 56.2 Å².